The number of hydrogen-bond acceptors (Lipinski definition) is 6. The Balaban J connectivity index is 1.88. The number of aromatic carboxylic acids is 1. The molecule has 2 aromatic carbocycles. The number of carbonyl (C=O) groups is 1. The van der Waals surface area contributed by atoms with Crippen LogP contribution in [0.1, 0.15) is 10.4 Å². The Hall–Kier alpha value is -3.87. The summed E-state index contributed by atoms with van der Waals surface area (Å²) in [6.45, 7) is 0. The molecule has 0 aliphatic carbocycles. The molecule has 0 amide bonds. The van der Waals surface area contributed by atoms with Crippen molar-refractivity contribution in [2.75, 3.05) is 5.32 Å². The lowest BCUT2D eigenvalue weighted by Crippen LogP contribution is -2.05. The van der Waals surface area contributed by atoms with E-state index in [1.54, 1.807) is 36.8 Å². The number of carboxylic acids is 1. The second-order valence-electron chi connectivity index (χ2n) is 5.48. The summed E-state index contributed by atoms with van der Waals surface area (Å²) in [5.41, 5.74) is 1.87. The van der Waals surface area contributed by atoms with Crippen molar-refractivity contribution in [3.05, 3.63) is 72.7 Å². The van der Waals surface area contributed by atoms with Gasteiger partial charge in [0.15, 0.2) is 5.82 Å². The summed E-state index contributed by atoms with van der Waals surface area (Å²) in [6.07, 6.45) is 4.73. The van der Waals surface area contributed by atoms with E-state index >= 15 is 0 Å². The van der Waals surface area contributed by atoms with E-state index in [0.717, 1.165) is 10.9 Å². The van der Waals surface area contributed by atoms with Gasteiger partial charge in [0.05, 0.1) is 23.0 Å². The maximum Gasteiger partial charge on any atom is 0.337 e. The lowest BCUT2D eigenvalue weighted by molar-refractivity contribution is 0.0698. The number of rotatable bonds is 4. The summed E-state index contributed by atoms with van der Waals surface area (Å²) in [5.74, 6) is -0.0994. The quantitative estimate of drug-likeness (QED) is 0.584. The van der Waals surface area contributed by atoms with Crippen molar-refractivity contribution in [2.24, 2.45) is 0 Å². The van der Waals surface area contributed by atoms with Crippen molar-refractivity contribution in [2.45, 2.75) is 0 Å². The molecule has 2 aromatic heterocycles. The molecule has 0 saturated heterocycles. The summed E-state index contributed by atoms with van der Waals surface area (Å²) in [6, 6.07) is 14.2. The number of hydrogen-bond donors (Lipinski definition) is 2. The Kier molecular flexibility index (Phi) is 3.95. The third kappa shape index (κ3) is 2.93. The van der Waals surface area contributed by atoms with E-state index in [4.69, 9.17) is 0 Å². The predicted octanol–water partition coefficient (Wildman–Crippen LogP) is 3.53. The highest BCUT2D eigenvalue weighted by atomic mass is 16.4. The third-order valence-corrected chi connectivity index (χ3v) is 3.81. The van der Waals surface area contributed by atoms with Gasteiger partial charge in [0, 0.05) is 17.8 Å². The van der Waals surface area contributed by atoms with Crippen LogP contribution in [-0.2, 0) is 0 Å². The van der Waals surface area contributed by atoms with Crippen molar-refractivity contribution in [1.82, 2.24) is 19.9 Å². The van der Waals surface area contributed by atoms with E-state index in [9.17, 15) is 9.90 Å². The minimum absolute atomic E-state index is 0.163. The molecule has 2 N–H and O–H groups in total. The molecule has 0 unspecified atom stereocenters. The van der Waals surface area contributed by atoms with Crippen molar-refractivity contribution < 1.29 is 9.90 Å². The highest BCUT2D eigenvalue weighted by Crippen LogP contribution is 2.27. The molecule has 0 fully saturated rings. The van der Waals surface area contributed by atoms with Crippen LogP contribution in [0.15, 0.2) is 67.1 Å². The number of anilines is 2. The molecule has 26 heavy (non-hydrogen) atoms. The van der Waals surface area contributed by atoms with Crippen LogP contribution in [0.5, 0.6) is 0 Å². The van der Waals surface area contributed by atoms with Gasteiger partial charge >= 0.3 is 5.97 Å². The maximum atomic E-state index is 11.5. The largest absolute Gasteiger partial charge is 0.478 e. The summed E-state index contributed by atoms with van der Waals surface area (Å²) in [4.78, 5) is 28.8. The first-order chi connectivity index (χ1) is 12.7. The normalized spacial score (nSPS) is 10.6. The van der Waals surface area contributed by atoms with Gasteiger partial charge in [-0.15, -0.1) is 0 Å². The van der Waals surface area contributed by atoms with Crippen LogP contribution in [0.2, 0.25) is 0 Å². The van der Waals surface area contributed by atoms with Gasteiger partial charge < -0.3 is 10.4 Å². The van der Waals surface area contributed by atoms with Gasteiger partial charge in [0.25, 0.3) is 0 Å². The zero-order valence-corrected chi connectivity index (χ0v) is 13.5. The standard InChI is InChI=1S/C19H13N5O2/c25-19(26)13-6-2-4-8-15(13)22-17-12-5-1-3-7-14(12)23-18(24-17)16-11-20-9-10-21-16/h1-11H,(H,25,26)(H,22,23,24). The van der Waals surface area contributed by atoms with Gasteiger partial charge in [-0.05, 0) is 24.3 Å². The van der Waals surface area contributed by atoms with Gasteiger partial charge in [-0.25, -0.2) is 19.7 Å². The average molecular weight is 343 g/mol. The molecule has 0 aliphatic heterocycles. The van der Waals surface area contributed by atoms with Gasteiger partial charge in [0.2, 0.25) is 0 Å². The van der Waals surface area contributed by atoms with E-state index in [1.165, 1.54) is 6.07 Å². The number of fused-ring (bicyclic) bond motifs is 1. The van der Waals surface area contributed by atoms with E-state index in [-0.39, 0.29) is 5.56 Å². The first-order valence-electron chi connectivity index (χ1n) is 7.85. The second-order valence-corrected chi connectivity index (χ2v) is 5.48. The van der Waals surface area contributed by atoms with Crippen LogP contribution in [0.3, 0.4) is 0 Å². The second kappa shape index (κ2) is 6.56. The van der Waals surface area contributed by atoms with Crippen molar-refractivity contribution in [3.8, 4) is 11.5 Å². The molecule has 126 valence electrons. The molecule has 0 radical (unpaired) electrons. The first-order valence-corrected chi connectivity index (χ1v) is 7.85. The van der Waals surface area contributed by atoms with Crippen molar-refractivity contribution in [3.63, 3.8) is 0 Å². The lowest BCUT2D eigenvalue weighted by atomic mass is 10.1. The zero-order chi connectivity index (χ0) is 17.9. The zero-order valence-electron chi connectivity index (χ0n) is 13.5. The topological polar surface area (TPSA) is 101 Å². The Morgan fingerprint density at radius 3 is 2.58 bits per heavy atom. The van der Waals surface area contributed by atoms with Crippen LogP contribution in [-0.4, -0.2) is 31.0 Å². The van der Waals surface area contributed by atoms with Crippen molar-refractivity contribution >= 4 is 28.4 Å². The van der Waals surface area contributed by atoms with Gasteiger partial charge in [-0.2, -0.15) is 0 Å². The summed E-state index contributed by atoms with van der Waals surface area (Å²) in [5, 5.41) is 13.3. The van der Waals surface area contributed by atoms with E-state index in [0.29, 0.717) is 23.0 Å². The predicted molar refractivity (Wildman–Crippen MR) is 97.2 cm³/mol. The number of carboxylic acid groups (broad SMARTS) is 1. The molecular weight excluding hydrogens is 330 g/mol. The minimum Gasteiger partial charge on any atom is -0.478 e. The highest BCUT2D eigenvalue weighted by Gasteiger charge is 2.14. The molecule has 4 rings (SSSR count). The molecule has 7 heteroatoms. The molecule has 7 nitrogen and oxygen atoms in total. The smallest absolute Gasteiger partial charge is 0.337 e. The van der Waals surface area contributed by atoms with Gasteiger partial charge in [-0.3, -0.25) is 4.98 Å². The molecule has 0 atom stereocenters. The van der Waals surface area contributed by atoms with Crippen molar-refractivity contribution in [1.29, 1.82) is 0 Å². The van der Waals surface area contributed by atoms with Gasteiger partial charge in [-0.1, -0.05) is 24.3 Å². The molecule has 0 saturated carbocycles. The Labute approximate surface area is 148 Å². The first kappa shape index (κ1) is 15.6. The lowest BCUT2D eigenvalue weighted by Gasteiger charge is -2.12. The highest BCUT2D eigenvalue weighted by molar-refractivity contribution is 5.98. The molecular formula is C19H13N5O2. The SMILES string of the molecule is O=C(O)c1ccccc1Nc1nc(-c2cnccn2)nc2ccccc12. The Morgan fingerprint density at radius 2 is 1.77 bits per heavy atom. The summed E-state index contributed by atoms with van der Waals surface area (Å²) >= 11 is 0. The number of aromatic nitrogens is 4. The number of nitrogens with zero attached hydrogens (tertiary/aromatic N) is 4. The molecule has 4 aromatic rings. The number of nitrogens with one attached hydrogen (secondary N) is 1. The summed E-state index contributed by atoms with van der Waals surface area (Å²) < 4.78 is 0. The van der Waals surface area contributed by atoms with Gasteiger partial charge in [0.1, 0.15) is 11.5 Å². The Morgan fingerprint density at radius 1 is 0.962 bits per heavy atom. The van der Waals surface area contributed by atoms with E-state index in [2.05, 4.69) is 25.3 Å². The fraction of sp³-hybridized carbons (Fsp3) is 0. The Bertz CT molecular complexity index is 1100. The fourth-order valence-corrected chi connectivity index (χ4v) is 2.61. The summed E-state index contributed by atoms with van der Waals surface area (Å²) in [7, 11) is 0. The molecule has 0 bridgehead atoms. The molecule has 0 aliphatic rings. The minimum atomic E-state index is -1.01. The van der Waals surface area contributed by atoms with E-state index < -0.39 is 5.97 Å². The average Bonchev–Trinajstić information content (AvgIpc) is 2.69. The molecule has 2 heterocycles. The fourth-order valence-electron chi connectivity index (χ4n) is 2.61. The maximum absolute atomic E-state index is 11.5. The monoisotopic (exact) mass is 343 g/mol. The van der Waals surface area contributed by atoms with E-state index in [1.807, 2.05) is 24.3 Å². The number of benzene rings is 2. The van der Waals surface area contributed by atoms with Crippen LogP contribution in [0, 0.1) is 0 Å². The van der Waals surface area contributed by atoms with Crippen LogP contribution in [0.25, 0.3) is 22.4 Å². The number of para-hydroxylation sites is 2. The van der Waals surface area contributed by atoms with Crippen LogP contribution in [0.4, 0.5) is 11.5 Å². The third-order valence-electron chi connectivity index (χ3n) is 3.81. The van der Waals surface area contributed by atoms with Crippen LogP contribution >= 0.6 is 0 Å². The van der Waals surface area contributed by atoms with Crippen LogP contribution < -0.4 is 5.32 Å². The molecule has 0 spiro atoms.